The Bertz CT molecular complexity index is 955. The standard InChI is InChI=1S/C24H21ClO/c1-4-18-15-17(2)21(16-23(18)26-3)14-13-20-11-8-12-22(24(20)25)19-9-6-5-7-10-19/h4-16H,1H2,2-3H3/b14-13+. The van der Waals surface area contributed by atoms with Crippen molar-refractivity contribution in [3.05, 3.63) is 94.5 Å². The first-order valence-electron chi connectivity index (χ1n) is 8.47. The highest BCUT2D eigenvalue weighted by molar-refractivity contribution is 6.35. The lowest BCUT2D eigenvalue weighted by Crippen LogP contribution is -1.91. The zero-order valence-electron chi connectivity index (χ0n) is 15.0. The number of hydrogen-bond donors (Lipinski definition) is 0. The maximum Gasteiger partial charge on any atom is 0.126 e. The summed E-state index contributed by atoms with van der Waals surface area (Å²) in [6, 6.07) is 20.4. The van der Waals surface area contributed by atoms with Gasteiger partial charge in [0.25, 0.3) is 0 Å². The van der Waals surface area contributed by atoms with Crippen molar-refractivity contribution >= 4 is 29.8 Å². The maximum atomic E-state index is 6.67. The molecule has 0 aromatic heterocycles. The number of hydrogen-bond acceptors (Lipinski definition) is 1. The first kappa shape index (κ1) is 18.0. The van der Waals surface area contributed by atoms with Crippen LogP contribution in [0, 0.1) is 6.92 Å². The fourth-order valence-corrected chi connectivity index (χ4v) is 3.24. The van der Waals surface area contributed by atoms with E-state index in [0.29, 0.717) is 0 Å². The van der Waals surface area contributed by atoms with Gasteiger partial charge in [-0.05, 0) is 41.3 Å². The fourth-order valence-electron chi connectivity index (χ4n) is 2.94. The molecule has 0 unspecified atom stereocenters. The molecule has 3 aromatic rings. The molecule has 0 radical (unpaired) electrons. The first-order valence-corrected chi connectivity index (χ1v) is 8.85. The van der Waals surface area contributed by atoms with Gasteiger partial charge in [-0.1, -0.05) is 84.9 Å². The Morgan fingerprint density at radius 2 is 1.62 bits per heavy atom. The molecule has 0 spiro atoms. The van der Waals surface area contributed by atoms with Crippen LogP contribution in [-0.2, 0) is 0 Å². The Labute approximate surface area is 160 Å². The molecule has 3 rings (SSSR count). The molecule has 0 bridgehead atoms. The van der Waals surface area contributed by atoms with Crippen LogP contribution in [0.15, 0.2) is 67.2 Å². The van der Waals surface area contributed by atoms with Gasteiger partial charge in [-0.3, -0.25) is 0 Å². The third kappa shape index (κ3) is 3.74. The van der Waals surface area contributed by atoms with E-state index in [1.807, 2.05) is 48.5 Å². The van der Waals surface area contributed by atoms with Gasteiger partial charge in [0.05, 0.1) is 12.1 Å². The molecular formula is C24H21ClO. The van der Waals surface area contributed by atoms with E-state index in [1.165, 1.54) is 0 Å². The van der Waals surface area contributed by atoms with E-state index in [2.05, 4.69) is 37.8 Å². The molecule has 3 aromatic carbocycles. The second-order valence-corrected chi connectivity index (χ2v) is 6.44. The molecule has 0 heterocycles. The van der Waals surface area contributed by atoms with Gasteiger partial charge in [0.15, 0.2) is 0 Å². The molecule has 130 valence electrons. The number of rotatable bonds is 5. The number of ether oxygens (including phenoxy) is 1. The minimum Gasteiger partial charge on any atom is -0.496 e. The maximum absolute atomic E-state index is 6.67. The molecule has 26 heavy (non-hydrogen) atoms. The molecule has 0 aliphatic rings. The molecule has 0 aliphatic carbocycles. The van der Waals surface area contributed by atoms with Crippen molar-refractivity contribution in [2.45, 2.75) is 6.92 Å². The Morgan fingerprint density at radius 3 is 2.31 bits per heavy atom. The van der Waals surface area contributed by atoms with Crippen LogP contribution >= 0.6 is 11.6 Å². The minimum atomic E-state index is 0.752. The highest BCUT2D eigenvalue weighted by Crippen LogP contribution is 2.32. The van der Waals surface area contributed by atoms with Crippen LogP contribution < -0.4 is 4.74 Å². The summed E-state index contributed by atoms with van der Waals surface area (Å²) < 4.78 is 5.45. The van der Waals surface area contributed by atoms with Crippen molar-refractivity contribution in [1.29, 1.82) is 0 Å². The zero-order chi connectivity index (χ0) is 18.5. The van der Waals surface area contributed by atoms with E-state index >= 15 is 0 Å². The van der Waals surface area contributed by atoms with Gasteiger partial charge in [0.2, 0.25) is 0 Å². The second kappa shape index (κ2) is 8.07. The Balaban J connectivity index is 1.98. The Hall–Kier alpha value is -2.77. The average Bonchev–Trinajstić information content (AvgIpc) is 2.68. The van der Waals surface area contributed by atoms with Crippen LogP contribution in [0.5, 0.6) is 5.75 Å². The normalized spacial score (nSPS) is 10.9. The summed E-state index contributed by atoms with van der Waals surface area (Å²) in [5.74, 6) is 0.814. The summed E-state index contributed by atoms with van der Waals surface area (Å²) in [5.41, 5.74) is 6.37. The Morgan fingerprint density at radius 1 is 0.885 bits per heavy atom. The van der Waals surface area contributed by atoms with Crippen LogP contribution in [-0.4, -0.2) is 7.11 Å². The third-order valence-electron chi connectivity index (χ3n) is 4.39. The van der Waals surface area contributed by atoms with Crippen molar-refractivity contribution in [2.24, 2.45) is 0 Å². The van der Waals surface area contributed by atoms with E-state index in [1.54, 1.807) is 13.2 Å². The third-order valence-corrected chi connectivity index (χ3v) is 4.82. The van der Waals surface area contributed by atoms with Crippen LogP contribution in [0.1, 0.15) is 22.3 Å². The van der Waals surface area contributed by atoms with Gasteiger partial charge < -0.3 is 4.74 Å². The Kier molecular flexibility index (Phi) is 5.60. The first-order chi connectivity index (χ1) is 12.6. The quantitative estimate of drug-likeness (QED) is 0.439. The fraction of sp³-hybridized carbons (Fsp3) is 0.0833. The monoisotopic (exact) mass is 360 g/mol. The van der Waals surface area contributed by atoms with E-state index in [0.717, 1.165) is 44.2 Å². The summed E-state index contributed by atoms with van der Waals surface area (Å²) in [6.07, 6.45) is 5.92. The van der Waals surface area contributed by atoms with E-state index in [-0.39, 0.29) is 0 Å². The lowest BCUT2D eigenvalue weighted by Gasteiger charge is -2.10. The largest absolute Gasteiger partial charge is 0.496 e. The van der Waals surface area contributed by atoms with Gasteiger partial charge in [-0.15, -0.1) is 0 Å². The van der Waals surface area contributed by atoms with Crippen molar-refractivity contribution in [3.8, 4) is 16.9 Å². The molecule has 1 nitrogen and oxygen atoms in total. The lowest BCUT2D eigenvalue weighted by molar-refractivity contribution is 0.413. The zero-order valence-corrected chi connectivity index (χ0v) is 15.8. The highest BCUT2D eigenvalue weighted by atomic mass is 35.5. The van der Waals surface area contributed by atoms with Gasteiger partial charge in [-0.2, -0.15) is 0 Å². The average molecular weight is 361 g/mol. The molecule has 0 atom stereocenters. The van der Waals surface area contributed by atoms with Crippen LogP contribution in [0.4, 0.5) is 0 Å². The number of methoxy groups -OCH3 is 1. The van der Waals surface area contributed by atoms with E-state index in [9.17, 15) is 0 Å². The van der Waals surface area contributed by atoms with Gasteiger partial charge in [0.1, 0.15) is 5.75 Å². The molecule has 2 heteroatoms. The SMILES string of the molecule is C=Cc1cc(C)c(/C=C/c2cccc(-c3ccccc3)c2Cl)cc1OC. The molecule has 0 fully saturated rings. The lowest BCUT2D eigenvalue weighted by atomic mass is 10.0. The molecular weight excluding hydrogens is 340 g/mol. The second-order valence-electron chi connectivity index (χ2n) is 6.06. The van der Waals surface area contributed by atoms with Crippen molar-refractivity contribution < 1.29 is 4.74 Å². The van der Waals surface area contributed by atoms with Gasteiger partial charge in [0, 0.05) is 11.1 Å². The molecule has 0 N–H and O–H groups in total. The van der Waals surface area contributed by atoms with Crippen LogP contribution in [0.2, 0.25) is 5.02 Å². The number of benzene rings is 3. The smallest absolute Gasteiger partial charge is 0.126 e. The minimum absolute atomic E-state index is 0.752. The summed E-state index contributed by atoms with van der Waals surface area (Å²) in [4.78, 5) is 0. The predicted molar refractivity (Wildman–Crippen MR) is 114 cm³/mol. The molecule has 0 amide bonds. The van der Waals surface area contributed by atoms with E-state index in [4.69, 9.17) is 16.3 Å². The number of halogens is 1. The van der Waals surface area contributed by atoms with E-state index < -0.39 is 0 Å². The highest BCUT2D eigenvalue weighted by Gasteiger charge is 2.07. The summed E-state index contributed by atoms with van der Waals surface area (Å²) in [5, 5.41) is 0.752. The van der Waals surface area contributed by atoms with Crippen molar-refractivity contribution in [2.75, 3.05) is 7.11 Å². The summed E-state index contributed by atoms with van der Waals surface area (Å²) in [6.45, 7) is 5.92. The topological polar surface area (TPSA) is 9.23 Å². The molecule has 0 saturated heterocycles. The number of aryl methyl sites for hydroxylation is 1. The molecule has 0 saturated carbocycles. The summed E-state index contributed by atoms with van der Waals surface area (Å²) >= 11 is 6.67. The van der Waals surface area contributed by atoms with Crippen molar-refractivity contribution in [3.63, 3.8) is 0 Å². The van der Waals surface area contributed by atoms with Crippen molar-refractivity contribution in [1.82, 2.24) is 0 Å². The predicted octanol–water partition coefficient (Wildman–Crippen LogP) is 7.14. The van der Waals surface area contributed by atoms with Gasteiger partial charge >= 0.3 is 0 Å². The van der Waals surface area contributed by atoms with Crippen LogP contribution in [0.25, 0.3) is 29.4 Å². The van der Waals surface area contributed by atoms with Crippen LogP contribution in [0.3, 0.4) is 0 Å². The van der Waals surface area contributed by atoms with Gasteiger partial charge in [-0.25, -0.2) is 0 Å². The molecule has 0 aliphatic heterocycles. The summed E-state index contributed by atoms with van der Waals surface area (Å²) in [7, 11) is 1.67.